The Balaban J connectivity index is 2.12. The average Bonchev–Trinajstić information content (AvgIpc) is 2.38. The average molecular weight is 242 g/mol. The highest BCUT2D eigenvalue weighted by molar-refractivity contribution is 4.74. The van der Waals surface area contributed by atoms with Crippen LogP contribution in [0.15, 0.2) is 0 Å². The fourth-order valence-electron chi connectivity index (χ4n) is 2.50. The number of ether oxygens (including phenoxy) is 1. The number of nitrogens with zero attached hydrogens (tertiary/aromatic N) is 1. The zero-order valence-corrected chi connectivity index (χ0v) is 11.7. The largest absolute Gasteiger partial charge is 0.378 e. The Kier molecular flexibility index (Phi) is 7.82. The third kappa shape index (κ3) is 5.84. The van der Waals surface area contributed by atoms with Crippen LogP contribution in [0, 0.1) is 5.92 Å². The molecule has 0 aliphatic carbocycles. The van der Waals surface area contributed by atoms with E-state index in [2.05, 4.69) is 18.7 Å². The first-order chi connectivity index (χ1) is 8.30. The SMILES string of the molecule is CCC(CC)CN1CCC(OCCCN)CC1. The van der Waals surface area contributed by atoms with E-state index in [-0.39, 0.29) is 0 Å². The van der Waals surface area contributed by atoms with E-state index in [9.17, 15) is 0 Å². The Labute approximate surface area is 107 Å². The summed E-state index contributed by atoms with van der Waals surface area (Å²) in [6.07, 6.45) is 6.50. The van der Waals surface area contributed by atoms with Gasteiger partial charge in [0.2, 0.25) is 0 Å². The van der Waals surface area contributed by atoms with Crippen LogP contribution in [0.4, 0.5) is 0 Å². The van der Waals surface area contributed by atoms with E-state index in [0.717, 1.165) is 25.5 Å². The third-order valence-corrected chi connectivity index (χ3v) is 3.91. The molecule has 102 valence electrons. The van der Waals surface area contributed by atoms with Crippen molar-refractivity contribution in [2.75, 3.05) is 32.8 Å². The second-order valence-electron chi connectivity index (χ2n) is 5.20. The topological polar surface area (TPSA) is 38.5 Å². The predicted octanol–water partition coefficient (Wildman–Crippen LogP) is 2.25. The van der Waals surface area contributed by atoms with Crippen LogP contribution in [-0.2, 0) is 4.74 Å². The number of hydrogen-bond acceptors (Lipinski definition) is 3. The molecule has 0 atom stereocenters. The van der Waals surface area contributed by atoms with E-state index in [4.69, 9.17) is 10.5 Å². The summed E-state index contributed by atoms with van der Waals surface area (Å²) >= 11 is 0. The molecule has 2 N–H and O–H groups in total. The van der Waals surface area contributed by atoms with Gasteiger partial charge in [0.25, 0.3) is 0 Å². The molecule has 1 saturated heterocycles. The number of likely N-dealkylation sites (tertiary alicyclic amines) is 1. The molecule has 0 amide bonds. The van der Waals surface area contributed by atoms with Crippen molar-refractivity contribution >= 4 is 0 Å². The summed E-state index contributed by atoms with van der Waals surface area (Å²) in [7, 11) is 0. The van der Waals surface area contributed by atoms with Gasteiger partial charge in [0.15, 0.2) is 0 Å². The van der Waals surface area contributed by atoms with E-state index in [0.29, 0.717) is 6.10 Å². The molecule has 1 aliphatic rings. The molecule has 0 aromatic carbocycles. The van der Waals surface area contributed by atoms with Crippen molar-refractivity contribution in [3.8, 4) is 0 Å². The molecule has 3 heteroatoms. The third-order valence-electron chi connectivity index (χ3n) is 3.91. The molecule has 0 bridgehead atoms. The monoisotopic (exact) mass is 242 g/mol. The van der Waals surface area contributed by atoms with E-state index in [1.165, 1.54) is 45.3 Å². The van der Waals surface area contributed by atoms with Crippen LogP contribution in [0.5, 0.6) is 0 Å². The van der Waals surface area contributed by atoms with Crippen molar-refractivity contribution < 1.29 is 4.74 Å². The standard InChI is InChI=1S/C14H30N2O/c1-3-13(4-2)12-16-9-6-14(7-10-16)17-11-5-8-15/h13-14H,3-12,15H2,1-2H3. The maximum absolute atomic E-state index is 5.82. The van der Waals surface area contributed by atoms with Crippen LogP contribution < -0.4 is 5.73 Å². The van der Waals surface area contributed by atoms with Gasteiger partial charge < -0.3 is 15.4 Å². The molecule has 1 heterocycles. The molecule has 0 spiro atoms. The highest BCUT2D eigenvalue weighted by Gasteiger charge is 2.20. The zero-order valence-electron chi connectivity index (χ0n) is 11.7. The smallest absolute Gasteiger partial charge is 0.0599 e. The fraction of sp³-hybridized carbons (Fsp3) is 1.00. The van der Waals surface area contributed by atoms with Crippen molar-refractivity contribution in [2.45, 2.75) is 52.1 Å². The minimum absolute atomic E-state index is 0.486. The lowest BCUT2D eigenvalue weighted by Crippen LogP contribution is -2.39. The van der Waals surface area contributed by atoms with Crippen LogP contribution in [0.3, 0.4) is 0 Å². The van der Waals surface area contributed by atoms with Crippen molar-refractivity contribution in [1.29, 1.82) is 0 Å². The molecule has 0 aromatic rings. The highest BCUT2D eigenvalue weighted by Crippen LogP contribution is 2.17. The van der Waals surface area contributed by atoms with Crippen molar-refractivity contribution in [3.05, 3.63) is 0 Å². The van der Waals surface area contributed by atoms with Gasteiger partial charge in [-0.2, -0.15) is 0 Å². The van der Waals surface area contributed by atoms with Crippen molar-refractivity contribution in [2.24, 2.45) is 11.7 Å². The normalized spacial score (nSPS) is 19.1. The quantitative estimate of drug-likeness (QED) is 0.664. The molecule has 17 heavy (non-hydrogen) atoms. The van der Waals surface area contributed by atoms with Gasteiger partial charge in [-0.05, 0) is 31.7 Å². The summed E-state index contributed by atoms with van der Waals surface area (Å²) in [6, 6.07) is 0. The lowest BCUT2D eigenvalue weighted by molar-refractivity contribution is 0.00413. The molecule has 0 aromatic heterocycles. The second kappa shape index (κ2) is 8.90. The summed E-state index contributed by atoms with van der Waals surface area (Å²) in [5.41, 5.74) is 5.46. The van der Waals surface area contributed by atoms with Gasteiger partial charge >= 0.3 is 0 Å². The molecule has 3 nitrogen and oxygen atoms in total. The van der Waals surface area contributed by atoms with Gasteiger partial charge in [-0.15, -0.1) is 0 Å². The van der Waals surface area contributed by atoms with Gasteiger partial charge in [-0.3, -0.25) is 0 Å². The Morgan fingerprint density at radius 1 is 1.24 bits per heavy atom. The maximum Gasteiger partial charge on any atom is 0.0599 e. The molecular formula is C14H30N2O. The van der Waals surface area contributed by atoms with Crippen LogP contribution in [0.25, 0.3) is 0 Å². The van der Waals surface area contributed by atoms with Gasteiger partial charge in [-0.25, -0.2) is 0 Å². The van der Waals surface area contributed by atoms with Crippen molar-refractivity contribution in [1.82, 2.24) is 4.90 Å². The van der Waals surface area contributed by atoms with Gasteiger partial charge in [0, 0.05) is 26.2 Å². The van der Waals surface area contributed by atoms with Crippen LogP contribution >= 0.6 is 0 Å². The van der Waals surface area contributed by atoms with E-state index in [1.807, 2.05) is 0 Å². The molecule has 1 aliphatic heterocycles. The first kappa shape index (κ1) is 14.9. The number of hydrogen-bond donors (Lipinski definition) is 1. The predicted molar refractivity (Wildman–Crippen MR) is 73.2 cm³/mol. The Bertz CT molecular complexity index is 175. The Morgan fingerprint density at radius 2 is 1.88 bits per heavy atom. The van der Waals surface area contributed by atoms with Gasteiger partial charge in [0.05, 0.1) is 6.10 Å². The summed E-state index contributed by atoms with van der Waals surface area (Å²) in [5.74, 6) is 0.879. The van der Waals surface area contributed by atoms with E-state index >= 15 is 0 Å². The van der Waals surface area contributed by atoms with Crippen molar-refractivity contribution in [3.63, 3.8) is 0 Å². The Morgan fingerprint density at radius 3 is 2.41 bits per heavy atom. The fourth-order valence-corrected chi connectivity index (χ4v) is 2.50. The maximum atomic E-state index is 5.82. The summed E-state index contributed by atoms with van der Waals surface area (Å²) < 4.78 is 5.82. The summed E-state index contributed by atoms with van der Waals surface area (Å²) in [6.45, 7) is 9.89. The minimum atomic E-state index is 0.486. The molecule has 1 rings (SSSR count). The Hall–Kier alpha value is -0.120. The molecule has 0 unspecified atom stereocenters. The molecular weight excluding hydrogens is 212 g/mol. The lowest BCUT2D eigenvalue weighted by atomic mass is 10.0. The van der Waals surface area contributed by atoms with Crippen LogP contribution in [0.2, 0.25) is 0 Å². The van der Waals surface area contributed by atoms with Crippen LogP contribution in [-0.4, -0.2) is 43.8 Å². The zero-order chi connectivity index (χ0) is 12.5. The number of nitrogens with two attached hydrogens (primary N) is 1. The van der Waals surface area contributed by atoms with Crippen LogP contribution in [0.1, 0.15) is 46.0 Å². The molecule has 0 radical (unpaired) electrons. The number of rotatable bonds is 8. The summed E-state index contributed by atoms with van der Waals surface area (Å²) in [4.78, 5) is 2.61. The first-order valence-electron chi connectivity index (χ1n) is 7.34. The highest BCUT2D eigenvalue weighted by atomic mass is 16.5. The van der Waals surface area contributed by atoms with Gasteiger partial charge in [-0.1, -0.05) is 26.7 Å². The number of piperidine rings is 1. The van der Waals surface area contributed by atoms with Gasteiger partial charge in [0.1, 0.15) is 0 Å². The lowest BCUT2D eigenvalue weighted by Gasteiger charge is -2.33. The minimum Gasteiger partial charge on any atom is -0.378 e. The summed E-state index contributed by atoms with van der Waals surface area (Å²) in [5, 5.41) is 0. The first-order valence-corrected chi connectivity index (χ1v) is 7.34. The second-order valence-corrected chi connectivity index (χ2v) is 5.20. The van der Waals surface area contributed by atoms with E-state index in [1.54, 1.807) is 0 Å². The van der Waals surface area contributed by atoms with E-state index < -0.39 is 0 Å². The molecule has 1 fully saturated rings. The molecule has 0 saturated carbocycles.